The first-order chi connectivity index (χ1) is 33.2. The molecule has 2 N–H and O–H groups in total. The Hall–Kier alpha value is -5.84. The summed E-state index contributed by atoms with van der Waals surface area (Å²) in [5.41, 5.74) is 8.50. The zero-order valence-electron chi connectivity index (χ0n) is 45.9. The number of rotatable bonds is 11. The molecule has 0 unspecified atom stereocenters. The van der Waals surface area contributed by atoms with Gasteiger partial charge in [-0.15, -0.1) is 0 Å². The molecule has 1 aliphatic rings. The number of aryl methyl sites for hydroxylation is 1. The summed E-state index contributed by atoms with van der Waals surface area (Å²) in [6, 6.07) is 35.3. The van der Waals surface area contributed by atoms with Crippen LogP contribution in [0.3, 0.4) is 0 Å². The first kappa shape index (κ1) is 59.5. The van der Waals surface area contributed by atoms with Gasteiger partial charge in [0.05, 0.1) is 12.9 Å². The Morgan fingerprint density at radius 3 is 1.37 bits per heavy atom. The second-order valence-electron chi connectivity index (χ2n) is 22.4. The van der Waals surface area contributed by atoms with Crippen molar-refractivity contribution in [2.75, 3.05) is 60.0 Å². The van der Waals surface area contributed by atoms with E-state index in [1.54, 1.807) is 13.4 Å². The quantitative estimate of drug-likeness (QED) is 0.0999. The zero-order valence-corrected chi connectivity index (χ0v) is 45.9. The van der Waals surface area contributed by atoms with Crippen LogP contribution in [0.15, 0.2) is 120 Å². The van der Waals surface area contributed by atoms with Gasteiger partial charge < -0.3 is 29.6 Å². The third-order valence-electron chi connectivity index (χ3n) is 12.2. The molecular formula is C61H86N4O6. The molecule has 0 aliphatic carbocycles. The maximum atomic E-state index is 12.5. The van der Waals surface area contributed by atoms with Gasteiger partial charge in [0.1, 0.15) is 5.76 Å². The third kappa shape index (κ3) is 20.8. The number of benzene rings is 4. The molecule has 10 nitrogen and oxygen atoms in total. The summed E-state index contributed by atoms with van der Waals surface area (Å²) in [6.45, 7) is 33.4. The second-order valence-corrected chi connectivity index (χ2v) is 22.4. The molecule has 5 aromatic rings. The predicted octanol–water partition coefficient (Wildman–Crippen LogP) is 12.2. The van der Waals surface area contributed by atoms with Gasteiger partial charge in [0.2, 0.25) is 0 Å². The van der Waals surface area contributed by atoms with Gasteiger partial charge in [-0.25, -0.2) is 0 Å². The first-order valence-electron chi connectivity index (χ1n) is 25.3. The first-order valence-corrected chi connectivity index (χ1v) is 25.3. The summed E-state index contributed by atoms with van der Waals surface area (Å²) in [5, 5.41) is 5.58. The Bertz CT molecular complexity index is 2360. The van der Waals surface area contributed by atoms with Gasteiger partial charge in [0.25, 0.3) is 17.7 Å². The summed E-state index contributed by atoms with van der Waals surface area (Å²) in [7, 11) is 3.73. The molecule has 1 saturated heterocycles. The Balaban J connectivity index is 0.000000252. The van der Waals surface area contributed by atoms with Crippen LogP contribution in [0.5, 0.6) is 0 Å². The van der Waals surface area contributed by atoms with Gasteiger partial charge in [-0.2, -0.15) is 0 Å². The van der Waals surface area contributed by atoms with E-state index < -0.39 is 0 Å². The van der Waals surface area contributed by atoms with E-state index in [1.165, 1.54) is 22.3 Å². The average Bonchev–Trinajstić information content (AvgIpc) is 3.76. The van der Waals surface area contributed by atoms with E-state index in [1.807, 2.05) is 109 Å². The molecule has 1 fully saturated rings. The molecule has 2 heterocycles. The van der Waals surface area contributed by atoms with Crippen molar-refractivity contribution >= 4 is 23.5 Å². The second kappa shape index (κ2) is 27.7. The number of nitrogens with zero attached hydrogens (tertiary/aromatic N) is 2. The lowest BCUT2D eigenvalue weighted by Crippen LogP contribution is -2.34. The van der Waals surface area contributed by atoms with E-state index in [0.717, 1.165) is 55.1 Å². The molecule has 3 amide bonds. The molecule has 386 valence electrons. The van der Waals surface area contributed by atoms with Crippen molar-refractivity contribution in [3.63, 3.8) is 0 Å². The van der Waals surface area contributed by atoms with E-state index >= 15 is 0 Å². The fourth-order valence-electron chi connectivity index (χ4n) is 7.41. The molecule has 10 heteroatoms. The number of likely N-dealkylation sites (N-methyl/N-ethyl adjacent to an activating group) is 1. The van der Waals surface area contributed by atoms with Gasteiger partial charge in [-0.1, -0.05) is 144 Å². The Morgan fingerprint density at radius 2 is 0.972 bits per heavy atom. The third-order valence-corrected chi connectivity index (χ3v) is 12.2. The number of ether oxygens (including phenoxy) is 1. The summed E-state index contributed by atoms with van der Waals surface area (Å²) in [5.74, 6) is 1.14. The number of hydrogen-bond donors (Lipinski definition) is 2. The summed E-state index contributed by atoms with van der Waals surface area (Å²) >= 11 is 0. The molecule has 1 aliphatic heterocycles. The van der Waals surface area contributed by atoms with Gasteiger partial charge in [0, 0.05) is 74.9 Å². The lowest BCUT2D eigenvalue weighted by molar-refractivity contribution is 0.0762. The van der Waals surface area contributed by atoms with E-state index in [2.05, 4.69) is 118 Å². The Labute approximate surface area is 427 Å². The maximum Gasteiger partial charge on any atom is 0.253 e. The molecule has 0 atom stereocenters. The minimum atomic E-state index is -0.0532. The number of carbonyl (C=O) groups excluding carboxylic acids is 4. The van der Waals surface area contributed by atoms with E-state index in [9.17, 15) is 19.2 Å². The number of furan rings is 1. The molecule has 0 radical (unpaired) electrons. The summed E-state index contributed by atoms with van der Waals surface area (Å²) < 4.78 is 10.1. The van der Waals surface area contributed by atoms with Crippen LogP contribution in [0.2, 0.25) is 0 Å². The van der Waals surface area contributed by atoms with Gasteiger partial charge >= 0.3 is 0 Å². The molecule has 0 spiro atoms. The van der Waals surface area contributed by atoms with Crippen molar-refractivity contribution in [1.82, 2.24) is 20.4 Å². The number of methoxy groups -OCH3 is 1. The summed E-state index contributed by atoms with van der Waals surface area (Å²) in [4.78, 5) is 52.1. The van der Waals surface area contributed by atoms with Crippen molar-refractivity contribution in [1.29, 1.82) is 0 Å². The zero-order chi connectivity index (χ0) is 53.0. The van der Waals surface area contributed by atoms with Crippen LogP contribution in [-0.4, -0.2) is 93.3 Å². The maximum absolute atomic E-state index is 12.5. The highest BCUT2D eigenvalue weighted by atomic mass is 16.5. The van der Waals surface area contributed by atoms with Crippen molar-refractivity contribution in [3.8, 4) is 0 Å². The number of amides is 3. The van der Waals surface area contributed by atoms with Crippen LogP contribution in [0.4, 0.5) is 0 Å². The Kier molecular flexibility index (Phi) is 23.2. The lowest BCUT2D eigenvalue weighted by atomic mass is 9.86. The molecule has 0 bridgehead atoms. The SMILES string of the molecule is CC(C)(C)c1ccc(C(=O)CCc2ccco2)cc1.CCNC(=O)c1ccc(C(C)(C)C)cc1.CN1CCCN(C(=O)c2ccc(C(C)(C)C)cc2)CC1.COCCNC(=O)c1ccc(C(C)(C)C)cc1. The van der Waals surface area contributed by atoms with Crippen molar-refractivity contribution < 1.29 is 28.3 Å². The van der Waals surface area contributed by atoms with Crippen molar-refractivity contribution in [2.45, 2.75) is 131 Å². The van der Waals surface area contributed by atoms with Crippen molar-refractivity contribution in [2.24, 2.45) is 0 Å². The topological polar surface area (TPSA) is 121 Å². The van der Waals surface area contributed by atoms with Crippen LogP contribution in [-0.2, 0) is 32.8 Å². The van der Waals surface area contributed by atoms with Gasteiger partial charge in [-0.05, 0) is 119 Å². The number of ketones is 1. The Morgan fingerprint density at radius 1 is 0.549 bits per heavy atom. The predicted molar refractivity (Wildman–Crippen MR) is 292 cm³/mol. The number of Topliss-reactive ketones (excluding diaryl/α,β-unsaturated/α-hetero) is 1. The van der Waals surface area contributed by atoms with Crippen LogP contribution < -0.4 is 10.6 Å². The molecule has 71 heavy (non-hydrogen) atoms. The van der Waals surface area contributed by atoms with Gasteiger partial charge in [-0.3, -0.25) is 19.2 Å². The molecule has 1 aromatic heterocycles. The van der Waals surface area contributed by atoms with Crippen molar-refractivity contribution in [3.05, 3.63) is 166 Å². The average molecular weight is 971 g/mol. The highest BCUT2D eigenvalue weighted by Crippen LogP contribution is 2.25. The molecule has 4 aromatic carbocycles. The molecule has 0 saturated carbocycles. The lowest BCUT2D eigenvalue weighted by Gasteiger charge is -2.22. The highest BCUT2D eigenvalue weighted by Gasteiger charge is 2.21. The van der Waals surface area contributed by atoms with Crippen LogP contribution >= 0.6 is 0 Å². The normalized spacial score (nSPS) is 13.2. The fourth-order valence-corrected chi connectivity index (χ4v) is 7.41. The van der Waals surface area contributed by atoms with Crippen LogP contribution in [0, 0.1) is 0 Å². The van der Waals surface area contributed by atoms with E-state index in [-0.39, 0.29) is 45.2 Å². The standard InChI is InChI=1S/C17H26N2O.C17H20O2.C14H21NO2.C13H19NO/c1-17(2,3)15-8-6-14(7-9-15)16(20)19-11-5-10-18(4)12-13-19;1-17(2,3)14-8-6-13(7-9-14)16(18)11-10-15-5-4-12-19-15;1-14(2,3)12-7-5-11(6-8-12)13(16)15-9-10-17-4;1-5-14-12(15)10-6-8-11(9-7-10)13(2,3)4/h6-9H,5,10-13H2,1-4H3;4-9,12H,10-11H2,1-3H3;5-8H,9-10H2,1-4H3,(H,15,16);6-9H,5H2,1-4H3,(H,14,15). The van der Waals surface area contributed by atoms with Crippen LogP contribution in [0.25, 0.3) is 0 Å². The minimum Gasteiger partial charge on any atom is -0.469 e. The minimum absolute atomic E-state index is 0.00189. The fraction of sp³-hybridized carbons (Fsp3) is 0.475. The van der Waals surface area contributed by atoms with Crippen LogP contribution in [0.1, 0.15) is 172 Å². The monoisotopic (exact) mass is 971 g/mol. The summed E-state index contributed by atoms with van der Waals surface area (Å²) in [6.07, 6.45) is 3.84. The van der Waals surface area contributed by atoms with E-state index in [0.29, 0.717) is 38.1 Å². The smallest absolute Gasteiger partial charge is 0.253 e. The van der Waals surface area contributed by atoms with Gasteiger partial charge in [0.15, 0.2) is 5.78 Å². The number of nitrogens with one attached hydrogen (secondary N) is 2. The number of carbonyl (C=O) groups is 4. The molecular weight excluding hydrogens is 885 g/mol. The van der Waals surface area contributed by atoms with E-state index in [4.69, 9.17) is 9.15 Å². The molecule has 6 rings (SSSR count). The highest BCUT2D eigenvalue weighted by molar-refractivity contribution is 5.96. The number of hydrogen-bond acceptors (Lipinski definition) is 7. The largest absolute Gasteiger partial charge is 0.469 e.